The molecule has 2 aliphatic carbocycles. The van der Waals surface area contributed by atoms with Gasteiger partial charge in [0.05, 0.1) is 9.79 Å². The van der Waals surface area contributed by atoms with E-state index >= 15 is 0 Å². The average molecular weight is 894 g/mol. The molecular weight excluding hydrogens is 852 g/mol. The van der Waals surface area contributed by atoms with Crippen molar-refractivity contribution < 1.29 is 34.4 Å². The Hall–Kier alpha value is -4.48. The topological polar surface area (TPSA) is 68.3 Å². The third kappa shape index (κ3) is 8.53. The summed E-state index contributed by atoms with van der Waals surface area (Å²) >= 11 is 11.9. The standard InChI is InChI=1S/2C24H21ClF2O2S/c2*25-19-6-9-21(10-7-19)30(28,29)24(22-16-20(26)8-11-23(22)27)14-12-18(13-15-24)17-4-2-1-3-5-17/h2*1-11,16,18H,12-15H2. The molecule has 8 rings (SSSR count). The third-order valence-corrected chi connectivity index (χ3v) is 17.8. The number of rotatable bonds is 8. The van der Waals surface area contributed by atoms with E-state index in [1.54, 1.807) is 0 Å². The predicted molar refractivity (Wildman–Crippen MR) is 229 cm³/mol. The maximum Gasteiger partial charge on any atom is 0.188 e. The Morgan fingerprint density at radius 3 is 1.07 bits per heavy atom. The maximum atomic E-state index is 14.9. The van der Waals surface area contributed by atoms with Gasteiger partial charge in [-0.1, -0.05) is 83.9 Å². The molecule has 0 N–H and O–H groups in total. The second-order valence-corrected chi connectivity index (χ2v) is 20.9. The maximum absolute atomic E-state index is 14.9. The summed E-state index contributed by atoms with van der Waals surface area (Å²) in [7, 11) is -8.01. The van der Waals surface area contributed by atoms with Crippen LogP contribution in [0.3, 0.4) is 0 Å². The smallest absolute Gasteiger partial charge is 0.188 e. The molecule has 0 aromatic heterocycles. The first-order valence-corrected chi connectivity index (χ1v) is 23.4. The Kier molecular flexibility index (Phi) is 13.0. The molecule has 2 fully saturated rings. The molecule has 0 atom stereocenters. The van der Waals surface area contributed by atoms with Gasteiger partial charge >= 0.3 is 0 Å². The zero-order chi connectivity index (χ0) is 42.7. The van der Waals surface area contributed by atoms with Crippen LogP contribution < -0.4 is 0 Å². The lowest BCUT2D eigenvalue weighted by atomic mass is 9.75. The van der Waals surface area contributed by atoms with Crippen molar-refractivity contribution >= 4 is 42.9 Å². The minimum Gasteiger partial charge on any atom is -0.223 e. The van der Waals surface area contributed by atoms with Crippen LogP contribution in [0.4, 0.5) is 17.6 Å². The van der Waals surface area contributed by atoms with Crippen LogP contribution in [0.25, 0.3) is 0 Å². The molecule has 0 unspecified atom stereocenters. The fraction of sp³-hybridized carbons (Fsp3) is 0.250. The molecule has 0 bridgehead atoms. The van der Waals surface area contributed by atoms with Gasteiger partial charge in [0.2, 0.25) is 0 Å². The minimum absolute atomic E-state index is 0.0636. The zero-order valence-corrected chi connectivity index (χ0v) is 35.5. The van der Waals surface area contributed by atoms with Gasteiger partial charge in [0, 0.05) is 21.2 Å². The van der Waals surface area contributed by atoms with E-state index in [2.05, 4.69) is 0 Å². The van der Waals surface area contributed by atoms with Crippen LogP contribution in [0.15, 0.2) is 155 Å². The van der Waals surface area contributed by atoms with Gasteiger partial charge in [-0.2, -0.15) is 0 Å². The van der Waals surface area contributed by atoms with Crippen molar-refractivity contribution in [3.05, 3.63) is 201 Å². The molecule has 60 heavy (non-hydrogen) atoms. The van der Waals surface area contributed by atoms with E-state index in [1.165, 1.54) is 48.5 Å². The fourth-order valence-electron chi connectivity index (χ4n) is 9.02. The zero-order valence-electron chi connectivity index (χ0n) is 32.4. The van der Waals surface area contributed by atoms with Gasteiger partial charge in [-0.05, 0) is 159 Å². The highest BCUT2D eigenvalue weighted by atomic mass is 35.5. The SMILES string of the molecule is O=S(=O)(c1ccc(Cl)cc1)C1(c2cc(F)ccc2F)CCC(c2ccccc2)CC1.O=S(=O)(c1ccc(Cl)cc1)C1(c2cc(F)ccc2F)CCC(c2ccccc2)CC1. The first kappa shape index (κ1) is 43.6. The van der Waals surface area contributed by atoms with Crippen LogP contribution in [-0.4, -0.2) is 16.8 Å². The first-order valence-electron chi connectivity index (χ1n) is 19.7. The molecule has 0 spiro atoms. The monoisotopic (exact) mass is 892 g/mol. The lowest BCUT2D eigenvalue weighted by molar-refractivity contribution is 0.337. The fourth-order valence-corrected chi connectivity index (χ4v) is 13.6. The highest BCUT2D eigenvalue weighted by Gasteiger charge is 2.51. The summed E-state index contributed by atoms with van der Waals surface area (Å²) in [5.41, 5.74) is 2.08. The molecule has 6 aromatic carbocycles. The molecule has 6 aromatic rings. The van der Waals surface area contributed by atoms with Gasteiger partial charge < -0.3 is 0 Å². The number of hydrogen-bond acceptors (Lipinski definition) is 4. The van der Waals surface area contributed by atoms with Gasteiger partial charge in [-0.25, -0.2) is 34.4 Å². The van der Waals surface area contributed by atoms with Crippen LogP contribution in [0.1, 0.15) is 85.5 Å². The Bertz CT molecular complexity index is 2460. The predicted octanol–water partition coefficient (Wildman–Crippen LogP) is 13.3. The molecule has 0 radical (unpaired) electrons. The summed E-state index contributed by atoms with van der Waals surface area (Å²) in [5.74, 6) is -2.35. The van der Waals surface area contributed by atoms with Gasteiger partial charge in [-0.15, -0.1) is 0 Å². The van der Waals surface area contributed by atoms with Crippen molar-refractivity contribution in [2.45, 2.75) is 82.5 Å². The molecule has 0 aliphatic heterocycles. The Morgan fingerprint density at radius 2 is 0.750 bits per heavy atom. The van der Waals surface area contributed by atoms with Crippen LogP contribution in [0, 0.1) is 23.3 Å². The summed E-state index contributed by atoms with van der Waals surface area (Å²) in [5, 5.41) is 0.820. The molecule has 0 saturated heterocycles. The highest BCUT2D eigenvalue weighted by Crippen LogP contribution is 2.53. The summed E-state index contributed by atoms with van der Waals surface area (Å²) in [6.45, 7) is 0. The number of benzene rings is 6. The quantitative estimate of drug-likeness (QED) is 0.143. The van der Waals surface area contributed by atoms with Crippen LogP contribution in [0.2, 0.25) is 10.0 Å². The van der Waals surface area contributed by atoms with Crippen LogP contribution in [-0.2, 0) is 29.2 Å². The van der Waals surface area contributed by atoms with Gasteiger partial charge in [-0.3, -0.25) is 0 Å². The molecule has 0 amide bonds. The molecular formula is C48H42Cl2F4O4S2. The van der Waals surface area contributed by atoms with Crippen molar-refractivity contribution in [1.29, 1.82) is 0 Å². The van der Waals surface area contributed by atoms with Crippen molar-refractivity contribution in [3.63, 3.8) is 0 Å². The third-order valence-electron chi connectivity index (χ3n) is 12.2. The summed E-state index contributed by atoms with van der Waals surface area (Å²) in [4.78, 5) is 0.127. The minimum atomic E-state index is -4.00. The molecule has 2 aliphatic rings. The number of halogens is 6. The second-order valence-electron chi connectivity index (χ2n) is 15.5. The average Bonchev–Trinajstić information content (AvgIpc) is 3.26. The van der Waals surface area contributed by atoms with Crippen LogP contribution in [0.5, 0.6) is 0 Å². The van der Waals surface area contributed by atoms with Gasteiger partial charge in [0.25, 0.3) is 0 Å². The molecule has 0 heterocycles. The first-order chi connectivity index (χ1) is 28.7. The molecule has 312 valence electrons. The lowest BCUT2D eigenvalue weighted by Gasteiger charge is -2.40. The van der Waals surface area contributed by atoms with Crippen molar-refractivity contribution in [3.8, 4) is 0 Å². The Balaban J connectivity index is 0.000000181. The highest BCUT2D eigenvalue weighted by molar-refractivity contribution is 7.92. The molecule has 4 nitrogen and oxygen atoms in total. The van der Waals surface area contributed by atoms with E-state index in [4.69, 9.17) is 23.2 Å². The van der Waals surface area contributed by atoms with E-state index in [1.807, 2.05) is 60.7 Å². The van der Waals surface area contributed by atoms with Gasteiger partial charge in [0.15, 0.2) is 19.7 Å². The van der Waals surface area contributed by atoms with E-state index in [0.717, 1.165) is 47.5 Å². The largest absolute Gasteiger partial charge is 0.223 e. The lowest BCUT2D eigenvalue weighted by Crippen LogP contribution is -2.40. The molecule has 2 saturated carbocycles. The van der Waals surface area contributed by atoms with Crippen molar-refractivity contribution in [2.24, 2.45) is 0 Å². The van der Waals surface area contributed by atoms with E-state index in [-0.39, 0.29) is 58.4 Å². The Labute approximate surface area is 359 Å². The second kappa shape index (κ2) is 17.9. The normalized spacial score (nSPS) is 22.0. The van der Waals surface area contributed by atoms with E-state index in [9.17, 15) is 34.4 Å². The Morgan fingerprint density at radius 1 is 0.433 bits per heavy atom. The summed E-state index contributed by atoms with van der Waals surface area (Å²) < 4.78 is 110. The summed E-state index contributed by atoms with van der Waals surface area (Å²) in [6, 6.07) is 37.6. The number of sulfone groups is 2. The van der Waals surface area contributed by atoms with Crippen LogP contribution >= 0.6 is 23.2 Å². The number of hydrogen-bond donors (Lipinski definition) is 0. The van der Waals surface area contributed by atoms with E-state index < -0.39 is 52.4 Å². The van der Waals surface area contributed by atoms with Crippen molar-refractivity contribution in [1.82, 2.24) is 0 Å². The summed E-state index contributed by atoms with van der Waals surface area (Å²) in [6.07, 6.45) is 3.07. The van der Waals surface area contributed by atoms with Gasteiger partial charge in [0.1, 0.15) is 32.8 Å². The molecule has 12 heteroatoms. The van der Waals surface area contributed by atoms with E-state index in [0.29, 0.717) is 35.7 Å². The van der Waals surface area contributed by atoms with Crippen molar-refractivity contribution in [2.75, 3.05) is 0 Å².